The monoisotopic (exact) mass is 371 g/mol. The van der Waals surface area contributed by atoms with Gasteiger partial charge in [-0.05, 0) is 43.2 Å². The van der Waals surface area contributed by atoms with E-state index in [0.717, 1.165) is 23.7 Å². The molecule has 0 aliphatic carbocycles. The summed E-state index contributed by atoms with van der Waals surface area (Å²) in [5, 5.41) is 10.3. The van der Waals surface area contributed by atoms with Crippen LogP contribution in [0, 0.1) is 5.82 Å². The molecule has 0 aliphatic heterocycles. The molecule has 7 heteroatoms. The summed E-state index contributed by atoms with van der Waals surface area (Å²) in [5.41, 5.74) is 2.19. The van der Waals surface area contributed by atoms with Crippen LogP contribution in [0.4, 0.5) is 10.1 Å². The van der Waals surface area contributed by atoms with Crippen LogP contribution in [0.3, 0.4) is 0 Å². The van der Waals surface area contributed by atoms with E-state index in [0.29, 0.717) is 5.89 Å². The van der Waals surface area contributed by atoms with Crippen molar-refractivity contribution in [3.05, 3.63) is 59.9 Å². The zero-order chi connectivity index (χ0) is 18.5. The molecule has 134 valence electrons. The molecule has 0 radical (unpaired) electrons. The third kappa shape index (κ3) is 4.29. The van der Waals surface area contributed by atoms with Crippen LogP contribution < -0.4 is 5.32 Å². The van der Waals surface area contributed by atoms with Crippen molar-refractivity contribution < 1.29 is 13.6 Å². The lowest BCUT2D eigenvalue weighted by Crippen LogP contribution is -2.22. The summed E-state index contributed by atoms with van der Waals surface area (Å²) in [6, 6.07) is 13.9. The molecule has 5 nitrogen and oxygen atoms in total. The summed E-state index contributed by atoms with van der Waals surface area (Å²) in [5.74, 6) is -0.419. The molecule has 0 spiro atoms. The average Bonchev–Trinajstić information content (AvgIpc) is 3.12. The van der Waals surface area contributed by atoms with Gasteiger partial charge in [-0.1, -0.05) is 43.0 Å². The molecule has 1 atom stereocenters. The summed E-state index contributed by atoms with van der Waals surface area (Å²) < 4.78 is 19.2. The van der Waals surface area contributed by atoms with E-state index in [9.17, 15) is 9.18 Å². The molecule has 2 aromatic carbocycles. The molecule has 1 heterocycles. The average molecular weight is 371 g/mol. The number of thioether (sulfide) groups is 1. The van der Waals surface area contributed by atoms with Crippen molar-refractivity contribution >= 4 is 23.4 Å². The summed E-state index contributed by atoms with van der Waals surface area (Å²) in [7, 11) is 0. The first-order chi connectivity index (χ1) is 12.6. The fourth-order valence-electron chi connectivity index (χ4n) is 2.26. The molecular weight excluding hydrogens is 353 g/mol. The molecule has 3 rings (SSSR count). The van der Waals surface area contributed by atoms with Gasteiger partial charge in [0.15, 0.2) is 0 Å². The fourth-order valence-corrected chi connectivity index (χ4v) is 2.94. The Morgan fingerprint density at radius 3 is 2.62 bits per heavy atom. The van der Waals surface area contributed by atoms with Gasteiger partial charge in [0, 0.05) is 5.56 Å². The number of nitrogens with one attached hydrogen (secondary N) is 1. The maximum Gasteiger partial charge on any atom is 0.277 e. The lowest BCUT2D eigenvalue weighted by molar-refractivity contribution is -0.115. The highest BCUT2D eigenvalue weighted by molar-refractivity contribution is 8.00. The number of carbonyl (C=O) groups is 1. The van der Waals surface area contributed by atoms with Crippen LogP contribution in [0.1, 0.15) is 19.4 Å². The Morgan fingerprint density at radius 1 is 1.19 bits per heavy atom. The van der Waals surface area contributed by atoms with Crippen LogP contribution in [0.15, 0.2) is 58.2 Å². The van der Waals surface area contributed by atoms with E-state index in [1.165, 1.54) is 17.7 Å². The molecule has 3 aromatic rings. The molecule has 0 saturated carbocycles. The number of aryl methyl sites for hydroxylation is 1. The normalized spacial score (nSPS) is 12.0. The summed E-state index contributed by atoms with van der Waals surface area (Å²) in [6.07, 6.45) is 0.958. The van der Waals surface area contributed by atoms with Crippen molar-refractivity contribution in [3.8, 4) is 11.5 Å². The number of aromatic nitrogens is 2. The second-order valence-electron chi connectivity index (χ2n) is 5.65. The van der Waals surface area contributed by atoms with Gasteiger partial charge >= 0.3 is 0 Å². The summed E-state index contributed by atoms with van der Waals surface area (Å²) in [6.45, 7) is 3.78. The topological polar surface area (TPSA) is 68.0 Å². The minimum absolute atomic E-state index is 0.146. The first-order valence-corrected chi connectivity index (χ1v) is 9.09. The zero-order valence-corrected chi connectivity index (χ0v) is 15.2. The van der Waals surface area contributed by atoms with E-state index in [4.69, 9.17) is 4.42 Å². The van der Waals surface area contributed by atoms with Crippen molar-refractivity contribution in [1.82, 2.24) is 10.2 Å². The Hall–Kier alpha value is -2.67. The number of amides is 1. The van der Waals surface area contributed by atoms with Crippen molar-refractivity contribution in [2.75, 3.05) is 5.32 Å². The Labute approximate surface area is 155 Å². The Bertz CT molecular complexity index is 896. The molecule has 0 aliphatic rings. The fraction of sp³-hybridized carbons (Fsp3) is 0.211. The van der Waals surface area contributed by atoms with Gasteiger partial charge in [-0.3, -0.25) is 4.79 Å². The van der Waals surface area contributed by atoms with Gasteiger partial charge in [-0.15, -0.1) is 10.2 Å². The van der Waals surface area contributed by atoms with E-state index < -0.39 is 11.1 Å². The zero-order valence-electron chi connectivity index (χ0n) is 14.4. The molecule has 26 heavy (non-hydrogen) atoms. The van der Waals surface area contributed by atoms with Gasteiger partial charge in [0.05, 0.1) is 10.9 Å². The van der Waals surface area contributed by atoms with Gasteiger partial charge in [-0.2, -0.15) is 0 Å². The molecule has 1 amide bonds. The molecule has 0 fully saturated rings. The highest BCUT2D eigenvalue weighted by atomic mass is 32.2. The van der Waals surface area contributed by atoms with Crippen molar-refractivity contribution in [3.63, 3.8) is 0 Å². The second-order valence-corrected chi connectivity index (χ2v) is 6.94. The first kappa shape index (κ1) is 18.1. The van der Waals surface area contributed by atoms with Gasteiger partial charge in [0.2, 0.25) is 11.8 Å². The number of para-hydroxylation sites is 1. The van der Waals surface area contributed by atoms with Crippen molar-refractivity contribution in [2.45, 2.75) is 30.7 Å². The summed E-state index contributed by atoms with van der Waals surface area (Å²) in [4.78, 5) is 12.2. The molecule has 1 aromatic heterocycles. The predicted octanol–water partition coefficient (Wildman–Crippen LogP) is 4.56. The molecule has 0 saturated heterocycles. The quantitative estimate of drug-likeness (QED) is 0.644. The lowest BCUT2D eigenvalue weighted by Gasteiger charge is -2.10. The predicted molar refractivity (Wildman–Crippen MR) is 99.5 cm³/mol. The number of hydrogen-bond donors (Lipinski definition) is 1. The number of carbonyl (C=O) groups excluding carboxylic acids is 1. The Kier molecular flexibility index (Phi) is 5.68. The van der Waals surface area contributed by atoms with E-state index in [1.807, 2.05) is 24.3 Å². The summed E-state index contributed by atoms with van der Waals surface area (Å²) >= 11 is 1.13. The highest BCUT2D eigenvalue weighted by Gasteiger charge is 2.19. The van der Waals surface area contributed by atoms with Crippen LogP contribution >= 0.6 is 11.8 Å². The third-order valence-electron chi connectivity index (χ3n) is 3.79. The third-order valence-corrected chi connectivity index (χ3v) is 4.73. The number of benzene rings is 2. The second kappa shape index (κ2) is 8.14. The highest BCUT2D eigenvalue weighted by Crippen LogP contribution is 2.27. The van der Waals surface area contributed by atoms with E-state index >= 15 is 0 Å². The van der Waals surface area contributed by atoms with Gasteiger partial charge in [0.1, 0.15) is 5.82 Å². The van der Waals surface area contributed by atoms with E-state index in [2.05, 4.69) is 22.4 Å². The van der Waals surface area contributed by atoms with E-state index in [-0.39, 0.29) is 16.8 Å². The maximum atomic E-state index is 13.6. The smallest absolute Gasteiger partial charge is 0.277 e. The molecular formula is C19H18FN3O2S. The van der Waals surface area contributed by atoms with Crippen LogP contribution in [0.5, 0.6) is 0 Å². The SMILES string of the molecule is CCc1ccc(-c2nnc(SC(C)C(=O)Nc3ccccc3F)o2)cc1. The van der Waals surface area contributed by atoms with Crippen LogP contribution in [0.2, 0.25) is 0 Å². The number of rotatable bonds is 6. The Balaban J connectivity index is 1.64. The van der Waals surface area contributed by atoms with Crippen molar-refractivity contribution in [1.29, 1.82) is 0 Å². The molecule has 1 unspecified atom stereocenters. The van der Waals surface area contributed by atoms with Crippen LogP contribution in [-0.4, -0.2) is 21.4 Å². The Morgan fingerprint density at radius 2 is 1.92 bits per heavy atom. The first-order valence-electron chi connectivity index (χ1n) is 8.21. The maximum absolute atomic E-state index is 13.6. The number of anilines is 1. The standard InChI is InChI=1S/C19H18FN3O2S/c1-3-13-8-10-14(11-9-13)18-22-23-19(25-18)26-12(2)17(24)21-16-7-5-4-6-15(16)20/h4-12H,3H2,1-2H3,(H,21,24). The minimum Gasteiger partial charge on any atom is -0.411 e. The van der Waals surface area contributed by atoms with Crippen LogP contribution in [0.25, 0.3) is 11.5 Å². The minimum atomic E-state index is -0.523. The van der Waals surface area contributed by atoms with Crippen LogP contribution in [-0.2, 0) is 11.2 Å². The molecule has 1 N–H and O–H groups in total. The lowest BCUT2D eigenvalue weighted by atomic mass is 10.1. The van der Waals surface area contributed by atoms with Crippen molar-refractivity contribution in [2.24, 2.45) is 0 Å². The van der Waals surface area contributed by atoms with E-state index in [1.54, 1.807) is 19.1 Å². The van der Waals surface area contributed by atoms with Gasteiger partial charge in [0.25, 0.3) is 5.22 Å². The van der Waals surface area contributed by atoms with Gasteiger partial charge in [-0.25, -0.2) is 4.39 Å². The van der Waals surface area contributed by atoms with Gasteiger partial charge < -0.3 is 9.73 Å². The number of halogens is 1. The number of nitrogens with zero attached hydrogens (tertiary/aromatic N) is 2. The largest absolute Gasteiger partial charge is 0.411 e. The number of hydrogen-bond acceptors (Lipinski definition) is 5. The molecule has 0 bridgehead atoms.